The Morgan fingerprint density at radius 1 is 1.33 bits per heavy atom. The van der Waals surface area contributed by atoms with Gasteiger partial charge >= 0.3 is 0 Å². The lowest BCUT2D eigenvalue weighted by molar-refractivity contribution is -0.383. The molecule has 0 amide bonds. The molecule has 1 aliphatic carbocycles. The van der Waals surface area contributed by atoms with Crippen LogP contribution in [0.1, 0.15) is 19.3 Å². The van der Waals surface area contributed by atoms with E-state index in [-0.39, 0.29) is 22.8 Å². The second-order valence-corrected chi connectivity index (χ2v) is 5.27. The first-order chi connectivity index (χ1) is 10.2. The number of aromatic nitrogens is 1. The predicted octanol–water partition coefficient (Wildman–Crippen LogP) is 3.12. The van der Waals surface area contributed by atoms with Crippen LogP contribution in [0.3, 0.4) is 0 Å². The summed E-state index contributed by atoms with van der Waals surface area (Å²) in [6.45, 7) is 0. The summed E-state index contributed by atoms with van der Waals surface area (Å²) in [6.07, 6.45) is 6.63. The van der Waals surface area contributed by atoms with Crippen molar-refractivity contribution in [3.05, 3.63) is 40.7 Å². The lowest BCUT2D eigenvalue weighted by Crippen LogP contribution is -2.29. The van der Waals surface area contributed by atoms with Gasteiger partial charge in [0.1, 0.15) is 0 Å². The Kier molecular flexibility index (Phi) is 3.70. The standard InChI is InChI=1S/C15H17N3O3/c1-21-15-4-2-3-13(15)17-12-5-6-14(18(19)20)10-7-8-16-9-11(10)12/h5-9,13,15,17H,2-4H2,1H3. The summed E-state index contributed by atoms with van der Waals surface area (Å²) in [5.41, 5.74) is 0.977. The number of ether oxygens (including phenoxy) is 1. The van der Waals surface area contributed by atoms with E-state index in [0.717, 1.165) is 30.3 Å². The Morgan fingerprint density at radius 3 is 2.95 bits per heavy atom. The fourth-order valence-corrected chi connectivity index (χ4v) is 3.03. The number of nitrogens with one attached hydrogen (secondary N) is 1. The molecule has 1 N–H and O–H groups in total. The molecule has 1 aromatic carbocycles. The Bertz CT molecular complexity index is 674. The van der Waals surface area contributed by atoms with Gasteiger partial charge in [-0.25, -0.2) is 0 Å². The highest BCUT2D eigenvalue weighted by Gasteiger charge is 2.27. The van der Waals surface area contributed by atoms with Crippen LogP contribution in [0.2, 0.25) is 0 Å². The molecule has 21 heavy (non-hydrogen) atoms. The molecule has 6 nitrogen and oxygen atoms in total. The molecule has 0 radical (unpaired) electrons. The molecule has 2 unspecified atom stereocenters. The normalized spacial score (nSPS) is 21.6. The molecule has 0 aliphatic heterocycles. The van der Waals surface area contributed by atoms with Crippen molar-refractivity contribution >= 4 is 22.1 Å². The molecule has 0 spiro atoms. The zero-order valence-electron chi connectivity index (χ0n) is 11.8. The molecule has 1 fully saturated rings. The molecule has 6 heteroatoms. The number of methoxy groups -OCH3 is 1. The minimum Gasteiger partial charge on any atom is -0.379 e. The maximum absolute atomic E-state index is 11.1. The molecule has 1 aliphatic rings. The van der Waals surface area contributed by atoms with E-state index < -0.39 is 0 Å². The van der Waals surface area contributed by atoms with Crippen LogP contribution in [0.4, 0.5) is 11.4 Å². The van der Waals surface area contributed by atoms with Gasteiger partial charge in [-0.1, -0.05) is 0 Å². The Hall–Kier alpha value is -2.21. The number of anilines is 1. The average Bonchev–Trinajstić information content (AvgIpc) is 2.94. The molecule has 1 saturated carbocycles. The van der Waals surface area contributed by atoms with E-state index in [0.29, 0.717) is 5.39 Å². The fraction of sp³-hybridized carbons (Fsp3) is 0.400. The van der Waals surface area contributed by atoms with Gasteiger partial charge in [0.05, 0.1) is 22.5 Å². The van der Waals surface area contributed by atoms with Crippen LogP contribution < -0.4 is 5.32 Å². The number of nitro groups is 1. The van der Waals surface area contributed by atoms with Crippen molar-refractivity contribution in [2.24, 2.45) is 0 Å². The first kappa shape index (κ1) is 13.8. The van der Waals surface area contributed by atoms with Crippen LogP contribution in [0.5, 0.6) is 0 Å². The SMILES string of the molecule is COC1CCCC1Nc1ccc([N+](=O)[O-])c2ccncc12. The molecular formula is C15H17N3O3. The van der Waals surface area contributed by atoms with Crippen molar-refractivity contribution in [2.75, 3.05) is 12.4 Å². The first-order valence-corrected chi connectivity index (χ1v) is 7.01. The molecule has 3 rings (SSSR count). The lowest BCUT2D eigenvalue weighted by Gasteiger charge is -2.21. The summed E-state index contributed by atoms with van der Waals surface area (Å²) in [7, 11) is 1.72. The second kappa shape index (κ2) is 5.65. The van der Waals surface area contributed by atoms with Crippen LogP contribution in [0, 0.1) is 10.1 Å². The minimum absolute atomic E-state index is 0.104. The third kappa shape index (κ3) is 2.54. The van der Waals surface area contributed by atoms with Crippen molar-refractivity contribution in [3.63, 3.8) is 0 Å². The number of hydrogen-bond acceptors (Lipinski definition) is 5. The van der Waals surface area contributed by atoms with Crippen LogP contribution in [-0.4, -0.2) is 29.2 Å². The van der Waals surface area contributed by atoms with Gasteiger partial charge in [-0.05, 0) is 31.4 Å². The monoisotopic (exact) mass is 287 g/mol. The van der Waals surface area contributed by atoms with Crippen molar-refractivity contribution in [1.82, 2.24) is 4.98 Å². The number of fused-ring (bicyclic) bond motifs is 1. The van der Waals surface area contributed by atoms with Crippen molar-refractivity contribution in [2.45, 2.75) is 31.4 Å². The van der Waals surface area contributed by atoms with Gasteiger partial charge in [-0.15, -0.1) is 0 Å². The number of rotatable bonds is 4. The van der Waals surface area contributed by atoms with Crippen LogP contribution in [0.15, 0.2) is 30.6 Å². The third-order valence-electron chi connectivity index (χ3n) is 4.09. The summed E-state index contributed by atoms with van der Waals surface area (Å²) in [6, 6.07) is 5.22. The van der Waals surface area contributed by atoms with E-state index in [1.54, 1.807) is 37.7 Å². The molecule has 2 atom stereocenters. The number of hydrogen-bond donors (Lipinski definition) is 1. The summed E-state index contributed by atoms with van der Waals surface area (Å²) in [4.78, 5) is 14.8. The lowest BCUT2D eigenvalue weighted by atomic mass is 10.1. The topological polar surface area (TPSA) is 77.3 Å². The Balaban J connectivity index is 2.00. The fourth-order valence-electron chi connectivity index (χ4n) is 3.03. The zero-order valence-corrected chi connectivity index (χ0v) is 11.8. The maximum Gasteiger partial charge on any atom is 0.277 e. The van der Waals surface area contributed by atoms with Gasteiger partial charge in [0.25, 0.3) is 5.69 Å². The number of nitrogens with zero attached hydrogens (tertiary/aromatic N) is 2. The minimum atomic E-state index is -0.361. The molecule has 1 heterocycles. The highest BCUT2D eigenvalue weighted by Crippen LogP contribution is 2.33. The quantitative estimate of drug-likeness (QED) is 0.690. The van der Waals surface area contributed by atoms with E-state index in [9.17, 15) is 10.1 Å². The van der Waals surface area contributed by atoms with Gasteiger partial charge in [-0.3, -0.25) is 15.1 Å². The molecule has 0 saturated heterocycles. The van der Waals surface area contributed by atoms with E-state index in [4.69, 9.17) is 4.74 Å². The average molecular weight is 287 g/mol. The maximum atomic E-state index is 11.1. The number of non-ortho nitro benzene ring substituents is 1. The Labute approximate surface area is 122 Å². The summed E-state index contributed by atoms with van der Waals surface area (Å²) >= 11 is 0. The smallest absolute Gasteiger partial charge is 0.277 e. The summed E-state index contributed by atoms with van der Waals surface area (Å²) in [5.74, 6) is 0. The Morgan fingerprint density at radius 2 is 2.19 bits per heavy atom. The second-order valence-electron chi connectivity index (χ2n) is 5.27. The van der Waals surface area contributed by atoms with Crippen molar-refractivity contribution in [3.8, 4) is 0 Å². The van der Waals surface area contributed by atoms with Gasteiger partial charge in [0.2, 0.25) is 0 Å². The third-order valence-corrected chi connectivity index (χ3v) is 4.09. The predicted molar refractivity (Wildman–Crippen MR) is 80.5 cm³/mol. The molecule has 0 bridgehead atoms. The first-order valence-electron chi connectivity index (χ1n) is 7.01. The summed E-state index contributed by atoms with van der Waals surface area (Å²) in [5, 5.41) is 16.0. The highest BCUT2D eigenvalue weighted by molar-refractivity contribution is 5.99. The van der Waals surface area contributed by atoms with Gasteiger partial charge in [0, 0.05) is 36.6 Å². The van der Waals surface area contributed by atoms with E-state index in [1.807, 2.05) is 0 Å². The van der Waals surface area contributed by atoms with Crippen LogP contribution in [0.25, 0.3) is 10.8 Å². The van der Waals surface area contributed by atoms with Crippen LogP contribution in [-0.2, 0) is 4.74 Å². The largest absolute Gasteiger partial charge is 0.379 e. The van der Waals surface area contributed by atoms with Crippen LogP contribution >= 0.6 is 0 Å². The van der Waals surface area contributed by atoms with Gasteiger partial charge in [-0.2, -0.15) is 0 Å². The number of benzene rings is 1. The van der Waals surface area contributed by atoms with E-state index in [2.05, 4.69) is 10.3 Å². The van der Waals surface area contributed by atoms with E-state index >= 15 is 0 Å². The number of pyridine rings is 1. The van der Waals surface area contributed by atoms with E-state index in [1.165, 1.54) is 0 Å². The zero-order chi connectivity index (χ0) is 14.8. The molecule has 2 aromatic rings. The highest BCUT2D eigenvalue weighted by atomic mass is 16.6. The molecular weight excluding hydrogens is 270 g/mol. The molecule has 1 aromatic heterocycles. The van der Waals surface area contributed by atoms with Crippen molar-refractivity contribution < 1.29 is 9.66 Å². The van der Waals surface area contributed by atoms with Gasteiger partial charge < -0.3 is 10.1 Å². The van der Waals surface area contributed by atoms with Gasteiger partial charge in [0.15, 0.2) is 0 Å². The molecule has 110 valence electrons. The van der Waals surface area contributed by atoms with Crippen molar-refractivity contribution in [1.29, 1.82) is 0 Å². The number of nitro benzene ring substituents is 1. The summed E-state index contributed by atoms with van der Waals surface area (Å²) < 4.78 is 5.48.